The molecule has 0 radical (unpaired) electrons. The Kier molecular flexibility index (Phi) is 5.25. The molecule has 0 aliphatic carbocycles. The van der Waals surface area contributed by atoms with Gasteiger partial charge in [-0.25, -0.2) is 0 Å². The first-order chi connectivity index (χ1) is 9.54. The van der Waals surface area contributed by atoms with E-state index >= 15 is 0 Å². The molecule has 0 fully saturated rings. The number of aromatic nitrogens is 1. The Labute approximate surface area is 131 Å². The average Bonchev–Trinajstić information content (AvgIpc) is 2.82. The van der Waals surface area contributed by atoms with Crippen molar-refractivity contribution in [2.45, 2.75) is 20.4 Å². The van der Waals surface area contributed by atoms with E-state index in [9.17, 15) is 0 Å². The average molecular weight is 356 g/mol. The number of nitrogen functional groups attached to an aromatic ring is 1. The molecule has 0 saturated carbocycles. The number of nitrogens with zero attached hydrogens (tertiary/aromatic N) is 1. The molecular formula is C14H18BrN3OS. The van der Waals surface area contributed by atoms with Gasteiger partial charge in [-0.05, 0) is 46.1 Å². The van der Waals surface area contributed by atoms with E-state index in [4.69, 9.17) is 10.5 Å². The van der Waals surface area contributed by atoms with E-state index in [-0.39, 0.29) is 0 Å². The van der Waals surface area contributed by atoms with Crippen LogP contribution in [-0.2, 0) is 6.54 Å². The van der Waals surface area contributed by atoms with Crippen LogP contribution < -0.4 is 15.8 Å². The number of hydrogen-bond donors (Lipinski definition) is 2. The normalized spacial score (nSPS) is 10.8. The van der Waals surface area contributed by atoms with Crippen LogP contribution in [0.2, 0.25) is 0 Å². The zero-order valence-electron chi connectivity index (χ0n) is 11.5. The number of ether oxygens (including phenoxy) is 1. The highest BCUT2D eigenvalue weighted by Gasteiger charge is 2.06. The summed E-state index contributed by atoms with van der Waals surface area (Å²) in [7, 11) is 0. The molecule has 2 aromatic rings. The highest BCUT2D eigenvalue weighted by Crippen LogP contribution is 2.24. The summed E-state index contributed by atoms with van der Waals surface area (Å²) in [6.07, 6.45) is 0. The standard InChI is InChI=1S/C14H18BrN3OS/c1-9(2)8-19-14-11(16)4-6-13(18-14)17-7-10-3-5-12(15)20-10/h3-6,9H,7-8,16H2,1-2H3,(H,17,18). The molecule has 2 rings (SSSR count). The molecule has 3 N–H and O–H groups in total. The summed E-state index contributed by atoms with van der Waals surface area (Å²) in [5.41, 5.74) is 6.43. The third-order valence-corrected chi connectivity index (χ3v) is 4.14. The van der Waals surface area contributed by atoms with Gasteiger partial charge in [-0.2, -0.15) is 4.98 Å². The second kappa shape index (κ2) is 6.95. The highest BCUT2D eigenvalue weighted by atomic mass is 79.9. The lowest BCUT2D eigenvalue weighted by Crippen LogP contribution is -2.09. The predicted molar refractivity (Wildman–Crippen MR) is 88.3 cm³/mol. The van der Waals surface area contributed by atoms with Gasteiger partial charge >= 0.3 is 0 Å². The Hall–Kier alpha value is -1.27. The van der Waals surface area contributed by atoms with Crippen LogP contribution in [0.15, 0.2) is 28.1 Å². The minimum Gasteiger partial charge on any atom is -0.476 e. The monoisotopic (exact) mass is 355 g/mol. The SMILES string of the molecule is CC(C)COc1nc(NCc2ccc(Br)s2)ccc1N. The predicted octanol–water partition coefficient (Wildman–Crippen LogP) is 4.13. The lowest BCUT2D eigenvalue weighted by molar-refractivity contribution is 0.263. The summed E-state index contributed by atoms with van der Waals surface area (Å²) in [4.78, 5) is 5.64. The first-order valence-electron chi connectivity index (χ1n) is 6.42. The van der Waals surface area contributed by atoms with Crippen molar-refractivity contribution in [2.24, 2.45) is 5.92 Å². The zero-order chi connectivity index (χ0) is 14.5. The number of anilines is 2. The molecule has 0 amide bonds. The molecule has 2 heterocycles. The molecule has 4 nitrogen and oxygen atoms in total. The van der Waals surface area contributed by atoms with Gasteiger partial charge in [0.2, 0.25) is 5.88 Å². The smallest absolute Gasteiger partial charge is 0.239 e. The number of pyridine rings is 1. The lowest BCUT2D eigenvalue weighted by Gasteiger charge is -2.12. The molecule has 0 unspecified atom stereocenters. The summed E-state index contributed by atoms with van der Waals surface area (Å²) in [6, 6.07) is 7.79. The van der Waals surface area contributed by atoms with E-state index in [0.29, 0.717) is 24.1 Å². The molecule has 0 spiro atoms. The quantitative estimate of drug-likeness (QED) is 0.817. The number of rotatable bonds is 6. The molecule has 0 bridgehead atoms. The number of nitrogens with two attached hydrogens (primary N) is 1. The van der Waals surface area contributed by atoms with Crippen molar-refractivity contribution >= 4 is 38.8 Å². The van der Waals surface area contributed by atoms with Crippen molar-refractivity contribution in [1.29, 1.82) is 0 Å². The van der Waals surface area contributed by atoms with Crippen LogP contribution in [0, 0.1) is 5.92 Å². The third kappa shape index (κ3) is 4.38. The number of nitrogens with one attached hydrogen (secondary N) is 1. The van der Waals surface area contributed by atoms with Crippen LogP contribution in [0.25, 0.3) is 0 Å². The summed E-state index contributed by atoms with van der Waals surface area (Å²) in [6.45, 7) is 5.52. The lowest BCUT2D eigenvalue weighted by atomic mass is 10.2. The topological polar surface area (TPSA) is 60.2 Å². The van der Waals surface area contributed by atoms with Gasteiger partial charge in [0.25, 0.3) is 0 Å². The van der Waals surface area contributed by atoms with Crippen LogP contribution in [0.5, 0.6) is 5.88 Å². The zero-order valence-corrected chi connectivity index (χ0v) is 13.9. The van der Waals surface area contributed by atoms with E-state index < -0.39 is 0 Å². The highest BCUT2D eigenvalue weighted by molar-refractivity contribution is 9.11. The van der Waals surface area contributed by atoms with Crippen LogP contribution in [0.4, 0.5) is 11.5 Å². The molecule has 20 heavy (non-hydrogen) atoms. The number of thiophene rings is 1. The summed E-state index contributed by atoms with van der Waals surface area (Å²) < 4.78 is 6.74. The van der Waals surface area contributed by atoms with Gasteiger partial charge in [0.15, 0.2) is 0 Å². The van der Waals surface area contributed by atoms with E-state index in [1.54, 1.807) is 11.3 Å². The van der Waals surface area contributed by atoms with Crippen LogP contribution >= 0.6 is 27.3 Å². The first-order valence-corrected chi connectivity index (χ1v) is 8.03. The van der Waals surface area contributed by atoms with Gasteiger partial charge in [0.05, 0.1) is 22.6 Å². The van der Waals surface area contributed by atoms with Gasteiger partial charge in [-0.15, -0.1) is 11.3 Å². The maximum Gasteiger partial charge on any atom is 0.239 e. The third-order valence-electron chi connectivity index (χ3n) is 2.52. The Morgan fingerprint density at radius 1 is 1.35 bits per heavy atom. The fourth-order valence-electron chi connectivity index (χ4n) is 1.54. The van der Waals surface area contributed by atoms with Crippen molar-refractivity contribution in [2.75, 3.05) is 17.7 Å². The van der Waals surface area contributed by atoms with E-state index in [1.165, 1.54) is 4.88 Å². The van der Waals surface area contributed by atoms with Crippen molar-refractivity contribution < 1.29 is 4.74 Å². The molecule has 2 aromatic heterocycles. The molecule has 0 saturated heterocycles. The number of halogens is 1. The Morgan fingerprint density at radius 2 is 2.15 bits per heavy atom. The van der Waals surface area contributed by atoms with Crippen molar-refractivity contribution in [3.8, 4) is 5.88 Å². The molecule has 0 aliphatic rings. The molecule has 0 atom stereocenters. The van der Waals surface area contributed by atoms with Gasteiger partial charge in [0, 0.05) is 4.88 Å². The van der Waals surface area contributed by atoms with E-state index in [0.717, 1.165) is 16.1 Å². The minimum absolute atomic E-state index is 0.441. The van der Waals surface area contributed by atoms with E-state index in [1.807, 2.05) is 18.2 Å². The van der Waals surface area contributed by atoms with Crippen molar-refractivity contribution in [3.05, 3.63) is 32.9 Å². The van der Waals surface area contributed by atoms with Crippen LogP contribution in [-0.4, -0.2) is 11.6 Å². The van der Waals surface area contributed by atoms with Crippen LogP contribution in [0.1, 0.15) is 18.7 Å². The Morgan fingerprint density at radius 3 is 2.80 bits per heavy atom. The minimum atomic E-state index is 0.441. The van der Waals surface area contributed by atoms with Gasteiger partial charge in [-0.3, -0.25) is 0 Å². The van der Waals surface area contributed by atoms with Gasteiger partial charge in [0.1, 0.15) is 5.82 Å². The second-order valence-corrected chi connectivity index (χ2v) is 7.40. The molecule has 0 aromatic carbocycles. The first kappa shape index (κ1) is 15.1. The van der Waals surface area contributed by atoms with Crippen molar-refractivity contribution in [3.63, 3.8) is 0 Å². The number of hydrogen-bond acceptors (Lipinski definition) is 5. The van der Waals surface area contributed by atoms with E-state index in [2.05, 4.69) is 46.1 Å². The molecule has 6 heteroatoms. The van der Waals surface area contributed by atoms with Crippen LogP contribution in [0.3, 0.4) is 0 Å². The maximum atomic E-state index is 5.87. The van der Waals surface area contributed by atoms with Gasteiger partial charge < -0.3 is 15.8 Å². The second-order valence-electron chi connectivity index (χ2n) is 4.86. The van der Waals surface area contributed by atoms with Gasteiger partial charge in [-0.1, -0.05) is 13.8 Å². The summed E-state index contributed by atoms with van der Waals surface area (Å²) >= 11 is 5.15. The summed E-state index contributed by atoms with van der Waals surface area (Å²) in [5.74, 6) is 1.70. The fourth-order valence-corrected chi connectivity index (χ4v) is 2.96. The molecule has 0 aliphatic heterocycles. The Bertz CT molecular complexity index is 571. The van der Waals surface area contributed by atoms with Crippen molar-refractivity contribution in [1.82, 2.24) is 4.98 Å². The maximum absolute atomic E-state index is 5.87. The molecular weight excluding hydrogens is 338 g/mol. The Balaban J connectivity index is 1.99. The summed E-state index contributed by atoms with van der Waals surface area (Å²) in [5, 5.41) is 3.27. The fraction of sp³-hybridized carbons (Fsp3) is 0.357. The molecule has 108 valence electrons. The largest absolute Gasteiger partial charge is 0.476 e.